The standard InChI is InChI=1S/C22H27NO4S/c1-6-18(21(25)27-22(2,3)4)19(17-11-12-28-14-17)23-13-15-7-9-16(10-8-15)20(24)26-5/h6-12,14,19,23H,13H2,1-5H3/b18-6+. The Morgan fingerprint density at radius 3 is 2.36 bits per heavy atom. The van der Waals surface area contributed by atoms with Gasteiger partial charge in [0.2, 0.25) is 0 Å². The molecule has 0 aliphatic rings. The molecule has 0 saturated carbocycles. The minimum atomic E-state index is -0.561. The van der Waals surface area contributed by atoms with Crippen molar-refractivity contribution in [1.82, 2.24) is 5.32 Å². The molecule has 1 atom stereocenters. The number of hydrogen-bond acceptors (Lipinski definition) is 6. The van der Waals surface area contributed by atoms with Gasteiger partial charge in [-0.2, -0.15) is 11.3 Å². The second kappa shape index (κ2) is 9.66. The largest absolute Gasteiger partial charge is 0.465 e. The molecule has 0 amide bonds. The predicted octanol–water partition coefficient (Wildman–Crippen LogP) is 4.65. The summed E-state index contributed by atoms with van der Waals surface area (Å²) in [7, 11) is 1.36. The van der Waals surface area contributed by atoms with Crippen LogP contribution in [0.25, 0.3) is 0 Å². The van der Waals surface area contributed by atoms with Crippen LogP contribution in [0.15, 0.2) is 52.7 Å². The zero-order valence-electron chi connectivity index (χ0n) is 16.9. The summed E-state index contributed by atoms with van der Waals surface area (Å²) in [6, 6.07) is 8.90. The summed E-state index contributed by atoms with van der Waals surface area (Å²) in [5, 5.41) is 7.44. The number of allylic oxidation sites excluding steroid dienone is 1. The molecular formula is C22H27NO4S. The minimum Gasteiger partial charge on any atom is -0.465 e. The highest BCUT2D eigenvalue weighted by atomic mass is 32.1. The van der Waals surface area contributed by atoms with E-state index < -0.39 is 5.60 Å². The molecule has 1 aromatic carbocycles. The molecule has 28 heavy (non-hydrogen) atoms. The Kier molecular flexibility index (Phi) is 7.54. The summed E-state index contributed by atoms with van der Waals surface area (Å²) in [6.07, 6.45) is 1.80. The van der Waals surface area contributed by atoms with Crippen LogP contribution in [0.2, 0.25) is 0 Å². The first-order valence-electron chi connectivity index (χ1n) is 9.07. The van der Waals surface area contributed by atoms with Crippen LogP contribution in [0.4, 0.5) is 0 Å². The Morgan fingerprint density at radius 2 is 1.86 bits per heavy atom. The molecule has 2 rings (SSSR count). The fourth-order valence-corrected chi connectivity index (χ4v) is 3.37. The number of thiophene rings is 1. The third-order valence-electron chi connectivity index (χ3n) is 4.02. The number of methoxy groups -OCH3 is 1. The van der Waals surface area contributed by atoms with Crippen LogP contribution in [-0.4, -0.2) is 24.6 Å². The van der Waals surface area contributed by atoms with E-state index in [1.807, 2.05) is 56.7 Å². The van der Waals surface area contributed by atoms with Gasteiger partial charge in [0, 0.05) is 6.54 Å². The van der Waals surface area contributed by atoms with Crippen LogP contribution in [0.5, 0.6) is 0 Å². The second-order valence-electron chi connectivity index (χ2n) is 7.31. The maximum Gasteiger partial charge on any atom is 0.337 e. The average molecular weight is 402 g/mol. The zero-order chi connectivity index (χ0) is 20.7. The second-order valence-corrected chi connectivity index (χ2v) is 8.09. The molecule has 1 N–H and O–H groups in total. The Morgan fingerprint density at radius 1 is 1.18 bits per heavy atom. The molecular weight excluding hydrogens is 374 g/mol. The van der Waals surface area contributed by atoms with E-state index in [1.54, 1.807) is 29.5 Å². The van der Waals surface area contributed by atoms with Gasteiger partial charge in [0.15, 0.2) is 0 Å². The Hall–Kier alpha value is -2.44. The summed E-state index contributed by atoms with van der Waals surface area (Å²) < 4.78 is 10.3. The van der Waals surface area contributed by atoms with Gasteiger partial charge in [-0.15, -0.1) is 0 Å². The van der Waals surface area contributed by atoms with Crippen LogP contribution < -0.4 is 5.32 Å². The van der Waals surface area contributed by atoms with Crippen LogP contribution in [0, 0.1) is 0 Å². The summed E-state index contributed by atoms with van der Waals surface area (Å²) in [5.74, 6) is -0.698. The smallest absolute Gasteiger partial charge is 0.337 e. The van der Waals surface area contributed by atoms with E-state index in [4.69, 9.17) is 9.47 Å². The molecule has 0 aliphatic heterocycles. The Balaban J connectivity index is 2.18. The lowest BCUT2D eigenvalue weighted by Crippen LogP contribution is -2.31. The molecule has 5 nitrogen and oxygen atoms in total. The third kappa shape index (κ3) is 6.04. The fourth-order valence-electron chi connectivity index (χ4n) is 2.68. The molecule has 0 bridgehead atoms. The zero-order valence-corrected chi connectivity index (χ0v) is 17.8. The fraction of sp³-hybridized carbons (Fsp3) is 0.364. The van der Waals surface area contributed by atoms with Crippen LogP contribution in [0.1, 0.15) is 55.2 Å². The first kappa shape index (κ1) is 21.9. The van der Waals surface area contributed by atoms with E-state index in [0.717, 1.165) is 11.1 Å². The monoisotopic (exact) mass is 401 g/mol. The van der Waals surface area contributed by atoms with Gasteiger partial charge in [-0.05, 0) is 67.8 Å². The van der Waals surface area contributed by atoms with Gasteiger partial charge in [0.1, 0.15) is 5.60 Å². The topological polar surface area (TPSA) is 64.6 Å². The van der Waals surface area contributed by atoms with Gasteiger partial charge >= 0.3 is 11.9 Å². The summed E-state index contributed by atoms with van der Waals surface area (Å²) >= 11 is 1.58. The molecule has 1 aromatic heterocycles. The lowest BCUT2D eigenvalue weighted by molar-refractivity contribution is -0.150. The van der Waals surface area contributed by atoms with Crippen molar-refractivity contribution < 1.29 is 19.1 Å². The maximum absolute atomic E-state index is 12.7. The molecule has 0 fully saturated rings. The van der Waals surface area contributed by atoms with Gasteiger partial charge in [0.25, 0.3) is 0 Å². The van der Waals surface area contributed by atoms with Gasteiger partial charge in [-0.25, -0.2) is 9.59 Å². The van der Waals surface area contributed by atoms with Gasteiger partial charge in [-0.1, -0.05) is 18.2 Å². The maximum atomic E-state index is 12.7. The molecule has 0 aliphatic carbocycles. The van der Waals surface area contributed by atoms with Crippen molar-refractivity contribution in [1.29, 1.82) is 0 Å². The number of esters is 2. The van der Waals surface area contributed by atoms with Gasteiger partial charge in [-0.3, -0.25) is 0 Å². The predicted molar refractivity (Wildman–Crippen MR) is 111 cm³/mol. The third-order valence-corrected chi connectivity index (χ3v) is 4.72. The first-order chi connectivity index (χ1) is 13.2. The van der Waals surface area contributed by atoms with Crippen molar-refractivity contribution in [2.45, 2.75) is 45.9 Å². The van der Waals surface area contributed by atoms with Crippen molar-refractivity contribution >= 4 is 23.3 Å². The normalized spacial score (nSPS) is 13.1. The number of rotatable bonds is 7. The Labute approximate surface area is 170 Å². The van der Waals surface area contributed by atoms with Crippen LogP contribution >= 0.6 is 11.3 Å². The highest BCUT2D eigenvalue weighted by molar-refractivity contribution is 7.08. The van der Waals surface area contributed by atoms with Crippen LogP contribution in [-0.2, 0) is 20.8 Å². The summed E-state index contributed by atoms with van der Waals surface area (Å²) in [5.41, 5.74) is 2.51. The molecule has 1 heterocycles. The lowest BCUT2D eigenvalue weighted by atomic mass is 10.00. The van der Waals surface area contributed by atoms with Crippen molar-refractivity contribution in [3.63, 3.8) is 0 Å². The number of carbonyl (C=O) groups excluding carboxylic acids is 2. The van der Waals surface area contributed by atoms with Crippen LogP contribution in [0.3, 0.4) is 0 Å². The van der Waals surface area contributed by atoms with E-state index in [0.29, 0.717) is 17.7 Å². The highest BCUT2D eigenvalue weighted by Crippen LogP contribution is 2.27. The molecule has 2 aromatic rings. The summed E-state index contributed by atoms with van der Waals surface area (Å²) in [4.78, 5) is 24.3. The van der Waals surface area contributed by atoms with E-state index >= 15 is 0 Å². The molecule has 0 saturated heterocycles. The molecule has 0 radical (unpaired) electrons. The van der Waals surface area contributed by atoms with Gasteiger partial charge in [0.05, 0.1) is 24.3 Å². The number of nitrogens with one attached hydrogen (secondary N) is 1. The number of benzene rings is 1. The molecule has 150 valence electrons. The molecule has 6 heteroatoms. The minimum absolute atomic E-state index is 0.286. The number of hydrogen-bond donors (Lipinski definition) is 1. The van der Waals surface area contributed by atoms with Crippen molar-refractivity contribution in [3.8, 4) is 0 Å². The number of carbonyl (C=O) groups is 2. The summed E-state index contributed by atoms with van der Waals surface area (Å²) in [6.45, 7) is 7.93. The van der Waals surface area contributed by atoms with Crippen molar-refractivity contribution in [2.75, 3.05) is 7.11 Å². The van der Waals surface area contributed by atoms with E-state index in [-0.39, 0.29) is 18.0 Å². The van der Waals surface area contributed by atoms with E-state index in [2.05, 4.69) is 5.32 Å². The van der Waals surface area contributed by atoms with E-state index in [1.165, 1.54) is 7.11 Å². The highest BCUT2D eigenvalue weighted by Gasteiger charge is 2.26. The average Bonchev–Trinajstić information content (AvgIpc) is 3.17. The van der Waals surface area contributed by atoms with Crippen molar-refractivity contribution in [3.05, 3.63) is 69.4 Å². The SMILES string of the molecule is C/C=C(/C(=O)OC(C)(C)C)C(NCc1ccc(C(=O)OC)cc1)c1ccsc1. The van der Waals surface area contributed by atoms with E-state index in [9.17, 15) is 9.59 Å². The lowest BCUT2D eigenvalue weighted by Gasteiger charge is -2.25. The number of ether oxygens (including phenoxy) is 2. The molecule has 0 spiro atoms. The quantitative estimate of drug-likeness (QED) is 0.540. The molecule has 1 unspecified atom stereocenters. The van der Waals surface area contributed by atoms with Gasteiger partial charge < -0.3 is 14.8 Å². The Bertz CT molecular complexity index is 817. The van der Waals surface area contributed by atoms with Crippen molar-refractivity contribution in [2.24, 2.45) is 0 Å². The first-order valence-corrected chi connectivity index (χ1v) is 10.0.